The van der Waals surface area contributed by atoms with Crippen molar-refractivity contribution in [2.45, 2.75) is 75.3 Å². The average Bonchev–Trinajstić information content (AvgIpc) is 3.70. The summed E-state index contributed by atoms with van der Waals surface area (Å²) in [6.07, 6.45) is 9.33. The van der Waals surface area contributed by atoms with E-state index in [1.54, 1.807) is 0 Å². The zero-order valence-electron chi connectivity index (χ0n) is 19.4. The normalized spacial score (nSPS) is 26.2. The Labute approximate surface area is 197 Å². The fraction of sp³-hybridized carbons (Fsp3) is 0.517. The predicted octanol–water partition coefficient (Wildman–Crippen LogP) is 5.24. The van der Waals surface area contributed by atoms with E-state index in [0.29, 0.717) is 11.8 Å². The first-order chi connectivity index (χ1) is 16.2. The molecule has 2 aromatic rings. The molecule has 4 nitrogen and oxygen atoms in total. The molecule has 2 saturated carbocycles. The van der Waals surface area contributed by atoms with Crippen molar-refractivity contribution in [1.29, 1.82) is 0 Å². The van der Waals surface area contributed by atoms with Crippen LogP contribution in [0, 0.1) is 5.41 Å². The Balaban J connectivity index is 1.18. The molecule has 0 bridgehead atoms. The van der Waals surface area contributed by atoms with Crippen molar-refractivity contribution in [1.82, 2.24) is 9.80 Å². The van der Waals surface area contributed by atoms with Gasteiger partial charge in [0.1, 0.15) is 0 Å². The van der Waals surface area contributed by atoms with Gasteiger partial charge in [0.25, 0.3) is 0 Å². The summed E-state index contributed by atoms with van der Waals surface area (Å²) in [5.74, 6) is 0.675. The highest BCUT2D eigenvalue weighted by Gasteiger charge is 2.62. The van der Waals surface area contributed by atoms with Gasteiger partial charge >= 0.3 is 0 Å². The molecular formula is C29H34N2O2. The summed E-state index contributed by atoms with van der Waals surface area (Å²) in [5, 5.41) is 0. The smallest absolute Gasteiger partial charge is 0.233 e. The van der Waals surface area contributed by atoms with Crippen LogP contribution in [0.1, 0.15) is 75.0 Å². The molecule has 4 aliphatic rings. The molecule has 0 aromatic heterocycles. The third kappa shape index (κ3) is 3.25. The van der Waals surface area contributed by atoms with E-state index in [4.69, 9.17) is 0 Å². The topological polar surface area (TPSA) is 40.6 Å². The van der Waals surface area contributed by atoms with Crippen LogP contribution in [0.2, 0.25) is 0 Å². The van der Waals surface area contributed by atoms with Crippen molar-refractivity contribution in [3.05, 3.63) is 71.8 Å². The fourth-order valence-corrected chi connectivity index (χ4v) is 7.01. The minimum Gasteiger partial charge on any atom is -0.342 e. The second kappa shape index (κ2) is 8.00. The highest BCUT2D eigenvalue weighted by Crippen LogP contribution is 2.59. The van der Waals surface area contributed by atoms with Gasteiger partial charge in [0.2, 0.25) is 11.8 Å². The summed E-state index contributed by atoms with van der Waals surface area (Å²) in [5.41, 5.74) is 1.98. The van der Waals surface area contributed by atoms with E-state index < -0.39 is 0 Å². The Hall–Kier alpha value is -2.62. The maximum absolute atomic E-state index is 13.6. The number of carbonyl (C=O) groups is 2. The third-order valence-corrected chi connectivity index (χ3v) is 8.95. The fourth-order valence-electron chi connectivity index (χ4n) is 7.01. The van der Waals surface area contributed by atoms with Crippen molar-refractivity contribution in [3.8, 4) is 0 Å². The number of nitrogens with zero attached hydrogens (tertiary/aromatic N) is 2. The number of carbonyl (C=O) groups excluding carboxylic acids is 2. The predicted molar refractivity (Wildman–Crippen MR) is 129 cm³/mol. The molecule has 1 atom stereocenters. The van der Waals surface area contributed by atoms with Crippen molar-refractivity contribution in [3.63, 3.8) is 0 Å². The highest BCUT2D eigenvalue weighted by molar-refractivity contribution is 5.92. The number of rotatable bonds is 4. The van der Waals surface area contributed by atoms with Gasteiger partial charge < -0.3 is 9.80 Å². The standard InChI is InChI=1S/C29H34N2O2/c32-26(28(18-19-28)23-12-6-2-7-13-23)30-20-14-24(15-21-30)31-25(22-10-4-1-5-11-22)29(27(31)33)16-8-3-9-17-29/h1-2,4-7,10-13,24-25H,3,8-9,14-21H2. The first-order valence-electron chi connectivity index (χ1n) is 12.9. The quantitative estimate of drug-likeness (QED) is 0.608. The van der Waals surface area contributed by atoms with Crippen LogP contribution in [0.25, 0.3) is 0 Å². The van der Waals surface area contributed by atoms with Gasteiger partial charge in [0.15, 0.2) is 0 Å². The van der Waals surface area contributed by atoms with Crippen LogP contribution in [-0.4, -0.2) is 40.7 Å². The minimum absolute atomic E-state index is 0.183. The minimum atomic E-state index is -0.292. The van der Waals surface area contributed by atoms with Crippen LogP contribution in [-0.2, 0) is 15.0 Å². The zero-order chi connectivity index (χ0) is 22.5. The average molecular weight is 443 g/mol. The number of likely N-dealkylation sites (tertiary alicyclic amines) is 2. The van der Waals surface area contributed by atoms with Gasteiger partial charge in [-0.2, -0.15) is 0 Å². The molecule has 2 aromatic carbocycles. The van der Waals surface area contributed by atoms with Crippen molar-refractivity contribution >= 4 is 11.8 Å². The van der Waals surface area contributed by atoms with Crippen molar-refractivity contribution in [2.75, 3.05) is 13.1 Å². The SMILES string of the molecule is O=C(N1CCC(N2C(=O)C3(CCCCC3)C2c2ccccc2)CC1)C1(c2ccccc2)CC1. The molecule has 4 heteroatoms. The molecule has 2 amide bonds. The van der Waals surface area contributed by atoms with E-state index in [0.717, 1.165) is 64.5 Å². The summed E-state index contributed by atoms with van der Waals surface area (Å²) < 4.78 is 0. The van der Waals surface area contributed by atoms with Crippen LogP contribution in [0.5, 0.6) is 0 Å². The maximum Gasteiger partial charge on any atom is 0.233 e. The first kappa shape index (κ1) is 20.9. The van der Waals surface area contributed by atoms with E-state index in [1.165, 1.54) is 17.5 Å². The van der Waals surface area contributed by atoms with E-state index in [2.05, 4.69) is 52.3 Å². The molecule has 0 N–H and O–H groups in total. The molecule has 1 spiro atoms. The molecule has 1 unspecified atom stereocenters. The summed E-state index contributed by atoms with van der Waals surface area (Å²) in [6, 6.07) is 21.4. The van der Waals surface area contributed by atoms with Gasteiger partial charge in [0.05, 0.1) is 16.9 Å². The highest BCUT2D eigenvalue weighted by atomic mass is 16.2. The molecule has 172 valence electrons. The molecule has 4 fully saturated rings. The Morgan fingerprint density at radius 3 is 2.00 bits per heavy atom. The number of amides is 2. The van der Waals surface area contributed by atoms with E-state index >= 15 is 0 Å². The second-order valence-corrected chi connectivity index (χ2v) is 10.7. The molecule has 2 saturated heterocycles. The van der Waals surface area contributed by atoms with Gasteiger partial charge in [-0.25, -0.2) is 0 Å². The van der Waals surface area contributed by atoms with Crippen LogP contribution < -0.4 is 0 Å². The van der Waals surface area contributed by atoms with Crippen LogP contribution in [0.15, 0.2) is 60.7 Å². The lowest BCUT2D eigenvalue weighted by atomic mass is 9.59. The summed E-state index contributed by atoms with van der Waals surface area (Å²) in [4.78, 5) is 31.4. The Bertz CT molecular complexity index is 1020. The second-order valence-electron chi connectivity index (χ2n) is 10.7. The Morgan fingerprint density at radius 2 is 1.39 bits per heavy atom. The molecule has 6 rings (SSSR count). The summed E-state index contributed by atoms with van der Waals surface area (Å²) in [7, 11) is 0. The number of hydrogen-bond acceptors (Lipinski definition) is 2. The lowest BCUT2D eigenvalue weighted by Crippen LogP contribution is -2.68. The van der Waals surface area contributed by atoms with Gasteiger partial charge in [-0.3, -0.25) is 9.59 Å². The lowest BCUT2D eigenvalue weighted by Gasteiger charge is -2.61. The van der Waals surface area contributed by atoms with Gasteiger partial charge in [-0.15, -0.1) is 0 Å². The van der Waals surface area contributed by atoms with E-state index in [-0.39, 0.29) is 22.9 Å². The van der Waals surface area contributed by atoms with Crippen molar-refractivity contribution < 1.29 is 9.59 Å². The number of benzene rings is 2. The molecule has 2 aliphatic carbocycles. The van der Waals surface area contributed by atoms with Crippen LogP contribution >= 0.6 is 0 Å². The third-order valence-electron chi connectivity index (χ3n) is 8.95. The number of hydrogen-bond donors (Lipinski definition) is 0. The van der Waals surface area contributed by atoms with Gasteiger partial charge in [0, 0.05) is 19.1 Å². The first-order valence-corrected chi connectivity index (χ1v) is 12.9. The maximum atomic E-state index is 13.6. The molecule has 33 heavy (non-hydrogen) atoms. The van der Waals surface area contributed by atoms with E-state index in [9.17, 15) is 9.59 Å². The van der Waals surface area contributed by atoms with Crippen LogP contribution in [0.3, 0.4) is 0 Å². The largest absolute Gasteiger partial charge is 0.342 e. The molecular weight excluding hydrogens is 408 g/mol. The monoisotopic (exact) mass is 442 g/mol. The molecule has 0 radical (unpaired) electrons. The Morgan fingerprint density at radius 1 is 0.788 bits per heavy atom. The summed E-state index contributed by atoms with van der Waals surface area (Å²) in [6.45, 7) is 1.52. The molecule has 2 aliphatic heterocycles. The zero-order valence-corrected chi connectivity index (χ0v) is 19.4. The van der Waals surface area contributed by atoms with Gasteiger partial charge in [-0.05, 0) is 49.7 Å². The summed E-state index contributed by atoms with van der Waals surface area (Å²) >= 11 is 0. The lowest BCUT2D eigenvalue weighted by molar-refractivity contribution is -0.186. The van der Waals surface area contributed by atoms with E-state index in [1.807, 2.05) is 18.2 Å². The Kier molecular flexibility index (Phi) is 5.08. The molecule has 2 heterocycles. The van der Waals surface area contributed by atoms with Crippen LogP contribution in [0.4, 0.5) is 0 Å². The van der Waals surface area contributed by atoms with Crippen molar-refractivity contribution in [2.24, 2.45) is 5.41 Å². The number of β-lactam (4-membered cyclic amide) rings is 1. The van der Waals surface area contributed by atoms with Gasteiger partial charge in [-0.1, -0.05) is 79.9 Å². The number of piperidine rings is 1.